The fourth-order valence-electron chi connectivity index (χ4n) is 3.71. The number of nitrogens with one attached hydrogen (secondary N) is 1. The highest BCUT2D eigenvalue weighted by Gasteiger charge is 1.95. The predicted molar refractivity (Wildman–Crippen MR) is 124 cm³/mol. The summed E-state index contributed by atoms with van der Waals surface area (Å²) in [6.07, 6.45) is 30.6. The molecular weight excluding hydrogens is 328 g/mol. The summed E-state index contributed by atoms with van der Waals surface area (Å²) < 4.78 is 0. The average molecular weight is 381 g/mol. The lowest BCUT2D eigenvalue weighted by atomic mass is 10.0. The van der Waals surface area contributed by atoms with Crippen LogP contribution in [-0.4, -0.2) is 6.54 Å². The van der Waals surface area contributed by atoms with Crippen LogP contribution in [0.4, 0.5) is 0 Å². The van der Waals surface area contributed by atoms with E-state index in [0.717, 1.165) is 12.4 Å². The second kappa shape index (κ2) is 23.4. The number of nitrogens with two attached hydrogens (primary N) is 1. The van der Waals surface area contributed by atoms with E-state index in [1.165, 1.54) is 128 Å². The van der Waals surface area contributed by atoms with E-state index in [4.69, 9.17) is 5.73 Å². The van der Waals surface area contributed by atoms with Crippen molar-refractivity contribution < 1.29 is 0 Å². The molecule has 0 aromatic carbocycles. The molecule has 0 saturated carbocycles. The first kappa shape index (κ1) is 26.3. The number of hydrogen-bond donors (Lipinski definition) is 2. The topological polar surface area (TPSA) is 38.0 Å². The molecule has 0 spiro atoms. The van der Waals surface area contributed by atoms with Crippen molar-refractivity contribution in [2.75, 3.05) is 6.54 Å². The van der Waals surface area contributed by atoms with E-state index in [2.05, 4.69) is 12.2 Å². The Balaban J connectivity index is 3.01. The maximum Gasteiger partial charge on any atom is 0.0916 e. The average Bonchev–Trinajstić information content (AvgIpc) is 2.68. The summed E-state index contributed by atoms with van der Waals surface area (Å²) in [6, 6.07) is 0. The third kappa shape index (κ3) is 23.3. The zero-order valence-corrected chi connectivity index (χ0v) is 19.0. The van der Waals surface area contributed by atoms with Crippen molar-refractivity contribution in [2.45, 2.75) is 142 Å². The van der Waals surface area contributed by atoms with Gasteiger partial charge in [0.15, 0.2) is 0 Å². The molecule has 0 radical (unpaired) electrons. The van der Waals surface area contributed by atoms with Gasteiger partial charge in [0.1, 0.15) is 0 Å². The molecule has 0 aliphatic rings. The molecule has 0 aliphatic carbocycles. The Kier molecular flexibility index (Phi) is 22.8. The summed E-state index contributed by atoms with van der Waals surface area (Å²) in [7, 11) is 0. The highest BCUT2D eigenvalue weighted by atomic mass is 15.0. The first-order chi connectivity index (χ1) is 13.3. The van der Waals surface area contributed by atoms with Crippen molar-refractivity contribution in [1.29, 1.82) is 0 Å². The van der Waals surface area contributed by atoms with Gasteiger partial charge in [0, 0.05) is 6.54 Å². The molecule has 2 nitrogen and oxygen atoms in total. The van der Waals surface area contributed by atoms with Crippen LogP contribution in [-0.2, 0) is 0 Å². The lowest BCUT2D eigenvalue weighted by molar-refractivity contribution is 0.521. The molecule has 0 fully saturated rings. The molecule has 3 N–H and O–H groups in total. The molecule has 0 unspecified atom stereocenters. The monoisotopic (exact) mass is 380 g/mol. The molecule has 0 bridgehead atoms. The van der Waals surface area contributed by atoms with Crippen molar-refractivity contribution in [3.8, 4) is 0 Å². The molecule has 0 aromatic heterocycles. The van der Waals surface area contributed by atoms with Crippen LogP contribution >= 0.6 is 0 Å². The number of rotatable bonds is 22. The fraction of sp³-hybridized carbons (Fsp3) is 0.920. The number of unbranched alkanes of at least 4 members (excludes halogenated alkanes) is 19. The third-order valence-corrected chi connectivity index (χ3v) is 5.67. The normalized spacial score (nSPS) is 11.9. The van der Waals surface area contributed by atoms with Crippen LogP contribution in [0.2, 0.25) is 0 Å². The van der Waals surface area contributed by atoms with Crippen LogP contribution in [0.3, 0.4) is 0 Å². The fourth-order valence-corrected chi connectivity index (χ4v) is 3.71. The lowest BCUT2D eigenvalue weighted by Crippen LogP contribution is -2.20. The molecule has 0 atom stereocenters. The summed E-state index contributed by atoms with van der Waals surface area (Å²) in [5.74, 6) is 0.813. The smallest absolute Gasteiger partial charge is 0.0916 e. The minimum absolute atomic E-state index is 0.813. The van der Waals surface area contributed by atoms with Crippen molar-refractivity contribution in [3.05, 3.63) is 11.9 Å². The van der Waals surface area contributed by atoms with E-state index in [9.17, 15) is 0 Å². The summed E-state index contributed by atoms with van der Waals surface area (Å²) in [5, 5.41) is 3.23. The quantitative estimate of drug-likeness (QED) is 0.186. The molecule has 0 heterocycles. The highest BCUT2D eigenvalue weighted by molar-refractivity contribution is 4.90. The van der Waals surface area contributed by atoms with E-state index in [-0.39, 0.29) is 0 Å². The van der Waals surface area contributed by atoms with Gasteiger partial charge in [-0.25, -0.2) is 0 Å². The summed E-state index contributed by atoms with van der Waals surface area (Å²) >= 11 is 0. The van der Waals surface area contributed by atoms with Crippen molar-refractivity contribution >= 4 is 0 Å². The second-order valence-electron chi connectivity index (χ2n) is 8.39. The van der Waals surface area contributed by atoms with E-state index < -0.39 is 0 Å². The SMILES string of the molecule is CC=C(N)NCCCCCCCCCCCCCCCCCCCCCC. The predicted octanol–water partition coefficient (Wildman–Crippen LogP) is 8.22. The lowest BCUT2D eigenvalue weighted by Gasteiger charge is -2.06. The zero-order chi connectivity index (χ0) is 19.8. The zero-order valence-electron chi connectivity index (χ0n) is 19.0. The molecular formula is C25H52N2. The summed E-state index contributed by atoms with van der Waals surface area (Å²) in [4.78, 5) is 0. The first-order valence-electron chi connectivity index (χ1n) is 12.5. The van der Waals surface area contributed by atoms with Gasteiger partial charge < -0.3 is 11.1 Å². The summed E-state index contributed by atoms with van der Waals surface area (Å²) in [6.45, 7) is 5.29. The van der Waals surface area contributed by atoms with Gasteiger partial charge in [-0.05, 0) is 19.4 Å². The number of hydrogen-bond acceptors (Lipinski definition) is 2. The van der Waals surface area contributed by atoms with Crippen LogP contribution < -0.4 is 11.1 Å². The minimum atomic E-state index is 0.813. The summed E-state index contributed by atoms with van der Waals surface area (Å²) in [5.41, 5.74) is 5.71. The molecule has 162 valence electrons. The van der Waals surface area contributed by atoms with Gasteiger partial charge in [-0.3, -0.25) is 0 Å². The van der Waals surface area contributed by atoms with E-state index in [1.54, 1.807) is 0 Å². The number of allylic oxidation sites excluding steroid dienone is 1. The Labute approximate surface area is 172 Å². The Hall–Kier alpha value is -0.660. The third-order valence-electron chi connectivity index (χ3n) is 5.67. The molecule has 0 rings (SSSR count). The Morgan fingerprint density at radius 3 is 1.15 bits per heavy atom. The van der Waals surface area contributed by atoms with Crippen LogP contribution in [0.15, 0.2) is 11.9 Å². The van der Waals surface area contributed by atoms with Crippen molar-refractivity contribution in [1.82, 2.24) is 5.32 Å². The maximum atomic E-state index is 5.71. The molecule has 0 amide bonds. The van der Waals surface area contributed by atoms with Gasteiger partial charge in [-0.15, -0.1) is 0 Å². The van der Waals surface area contributed by atoms with Crippen LogP contribution in [0.5, 0.6) is 0 Å². The maximum absolute atomic E-state index is 5.71. The van der Waals surface area contributed by atoms with Gasteiger partial charge in [-0.1, -0.05) is 129 Å². The first-order valence-corrected chi connectivity index (χ1v) is 12.5. The van der Waals surface area contributed by atoms with Gasteiger partial charge in [-0.2, -0.15) is 0 Å². The van der Waals surface area contributed by atoms with Gasteiger partial charge in [0.05, 0.1) is 5.82 Å². The van der Waals surface area contributed by atoms with E-state index in [0.29, 0.717) is 0 Å². The van der Waals surface area contributed by atoms with Crippen LogP contribution in [0.1, 0.15) is 142 Å². The van der Waals surface area contributed by atoms with E-state index >= 15 is 0 Å². The Bertz CT molecular complexity index is 299. The van der Waals surface area contributed by atoms with Gasteiger partial charge in [0.25, 0.3) is 0 Å². The van der Waals surface area contributed by atoms with Crippen LogP contribution in [0, 0.1) is 0 Å². The Morgan fingerprint density at radius 2 is 0.852 bits per heavy atom. The molecule has 0 aromatic rings. The standard InChI is InChI=1S/C25H52N2/c1-3-5-6-7-8-9-10-11-12-13-14-15-16-17-18-19-20-21-22-23-24-27-25(26)4-2/h4,27H,3,5-24,26H2,1-2H3. The minimum Gasteiger partial charge on any atom is -0.386 e. The van der Waals surface area contributed by atoms with Gasteiger partial charge in [0.2, 0.25) is 0 Å². The second-order valence-corrected chi connectivity index (χ2v) is 8.39. The molecule has 2 heteroatoms. The van der Waals surface area contributed by atoms with Crippen LogP contribution in [0.25, 0.3) is 0 Å². The van der Waals surface area contributed by atoms with Gasteiger partial charge >= 0.3 is 0 Å². The molecule has 27 heavy (non-hydrogen) atoms. The highest BCUT2D eigenvalue weighted by Crippen LogP contribution is 2.14. The largest absolute Gasteiger partial charge is 0.386 e. The van der Waals surface area contributed by atoms with Crippen molar-refractivity contribution in [3.63, 3.8) is 0 Å². The van der Waals surface area contributed by atoms with Crippen molar-refractivity contribution in [2.24, 2.45) is 5.73 Å². The Morgan fingerprint density at radius 1 is 0.556 bits per heavy atom. The van der Waals surface area contributed by atoms with E-state index in [1.807, 2.05) is 13.0 Å². The molecule has 0 saturated heterocycles. The molecule has 0 aliphatic heterocycles.